The van der Waals surface area contributed by atoms with E-state index in [9.17, 15) is 4.39 Å². The fourth-order valence-electron chi connectivity index (χ4n) is 2.26. The van der Waals surface area contributed by atoms with Crippen molar-refractivity contribution in [1.29, 1.82) is 0 Å². The van der Waals surface area contributed by atoms with E-state index in [0.717, 1.165) is 43.3 Å². The van der Waals surface area contributed by atoms with Crippen molar-refractivity contribution in [3.05, 3.63) is 44.0 Å². The van der Waals surface area contributed by atoms with Crippen LogP contribution in [0.4, 0.5) is 4.39 Å². The highest BCUT2D eigenvalue weighted by atomic mass is 127. The first-order valence-electron chi connectivity index (χ1n) is 6.10. The molecule has 0 saturated carbocycles. The molecule has 0 heterocycles. The van der Waals surface area contributed by atoms with E-state index in [2.05, 4.69) is 51.0 Å². The number of alkyl halides is 1. The van der Waals surface area contributed by atoms with Gasteiger partial charge in [0.1, 0.15) is 5.83 Å². The fourth-order valence-corrected chi connectivity index (χ4v) is 4.12. The van der Waals surface area contributed by atoms with Crippen molar-refractivity contribution >= 4 is 54.6 Å². The minimum absolute atomic E-state index is 0.0516. The molecular formula is C15H16FI2N. The number of allylic oxidation sites excluding steroid dienone is 7. The zero-order valence-electron chi connectivity index (χ0n) is 10.8. The van der Waals surface area contributed by atoms with E-state index < -0.39 is 0 Å². The van der Waals surface area contributed by atoms with Crippen LogP contribution in [0, 0.1) is 5.92 Å². The molecule has 2 aliphatic carbocycles. The maximum absolute atomic E-state index is 14.3. The largest absolute Gasteiger partial charge is 0.265 e. The molecule has 0 aromatic heterocycles. The van der Waals surface area contributed by atoms with Crippen molar-refractivity contribution in [3.63, 3.8) is 0 Å². The Balaban J connectivity index is 2.28. The summed E-state index contributed by atoms with van der Waals surface area (Å²) in [5.41, 5.74) is 3.51. The van der Waals surface area contributed by atoms with Crippen LogP contribution in [0.2, 0.25) is 0 Å². The van der Waals surface area contributed by atoms with Gasteiger partial charge < -0.3 is 0 Å². The first-order chi connectivity index (χ1) is 9.15. The smallest absolute Gasteiger partial charge is 0.131 e. The topological polar surface area (TPSA) is 12.4 Å². The van der Waals surface area contributed by atoms with Gasteiger partial charge in [0.05, 0.1) is 5.70 Å². The Hall–Kier alpha value is -0.110. The lowest BCUT2D eigenvalue weighted by molar-refractivity contribution is 0.640. The van der Waals surface area contributed by atoms with E-state index in [-0.39, 0.29) is 32.5 Å². The van der Waals surface area contributed by atoms with Gasteiger partial charge in [-0.05, 0) is 42.1 Å². The average Bonchev–Trinajstić information content (AvgIpc) is 3.13. The number of aliphatic imine (C=N–C) groups is 1. The molecular weight excluding hydrogens is 467 g/mol. The quantitative estimate of drug-likeness (QED) is 0.212. The van der Waals surface area contributed by atoms with Crippen molar-refractivity contribution in [2.45, 2.75) is 19.8 Å². The van der Waals surface area contributed by atoms with Crippen LogP contribution < -0.4 is 0 Å². The number of rotatable bonds is 6. The highest BCUT2D eigenvalue weighted by Gasteiger charge is 2.43. The summed E-state index contributed by atoms with van der Waals surface area (Å²) in [4.78, 5) is 4.08. The summed E-state index contributed by atoms with van der Waals surface area (Å²) in [6, 6.07) is 0. The van der Waals surface area contributed by atoms with E-state index in [1.165, 1.54) is 0 Å². The summed E-state index contributed by atoms with van der Waals surface area (Å²) in [7, 11) is 0. The first-order valence-corrected chi connectivity index (χ1v) is 10.2. The number of nitrogens with zero attached hydrogens (tertiary/aromatic N) is 1. The third-order valence-corrected chi connectivity index (χ3v) is 6.08. The van der Waals surface area contributed by atoms with Crippen LogP contribution in [0.15, 0.2) is 49.0 Å². The molecule has 0 amide bonds. The summed E-state index contributed by atoms with van der Waals surface area (Å²) in [5.74, 6) is 0.0841. The Labute approximate surface area is 137 Å². The minimum atomic E-state index is -0.320. The molecule has 1 nitrogen and oxygen atoms in total. The molecule has 0 fully saturated rings. The molecule has 0 spiro atoms. The molecule has 0 bridgehead atoms. The van der Waals surface area contributed by atoms with Gasteiger partial charge in [0.15, 0.2) is 0 Å². The molecule has 0 aliphatic heterocycles. The summed E-state index contributed by atoms with van der Waals surface area (Å²) < 4.78 is 20.5. The van der Waals surface area contributed by atoms with Gasteiger partial charge in [-0.3, -0.25) is 4.99 Å². The Kier molecular flexibility index (Phi) is 5.28. The zero-order chi connectivity index (χ0) is 14.0. The van der Waals surface area contributed by atoms with Crippen molar-refractivity contribution in [1.82, 2.24) is 0 Å². The van der Waals surface area contributed by atoms with E-state index in [4.69, 9.17) is 0 Å². The van der Waals surface area contributed by atoms with Crippen molar-refractivity contribution in [3.8, 4) is 0 Å². The van der Waals surface area contributed by atoms with Gasteiger partial charge in [-0.1, -0.05) is 60.0 Å². The molecule has 0 N–H and O–H groups in total. The van der Waals surface area contributed by atoms with E-state index in [1.54, 1.807) is 0 Å². The van der Waals surface area contributed by atoms with E-state index in [1.807, 2.05) is 6.92 Å². The second-order valence-corrected chi connectivity index (χ2v) is 7.47. The second kappa shape index (κ2) is 6.56. The molecule has 1 atom stereocenters. The lowest BCUT2D eigenvalue weighted by Crippen LogP contribution is -1.92. The molecule has 0 aromatic carbocycles. The van der Waals surface area contributed by atoms with Gasteiger partial charge in [0.25, 0.3) is 0 Å². The monoisotopic (exact) mass is 483 g/mol. The maximum atomic E-state index is 14.3. The summed E-state index contributed by atoms with van der Waals surface area (Å²) in [5, 5.41) is 0. The Morgan fingerprint density at radius 3 is 2.95 bits per heavy atom. The Morgan fingerprint density at radius 1 is 1.63 bits per heavy atom. The number of hydrogen-bond acceptors (Lipinski definition) is 1. The van der Waals surface area contributed by atoms with Crippen LogP contribution in [0.5, 0.6) is 0 Å². The highest BCUT2D eigenvalue weighted by Crippen LogP contribution is 2.55. The standard InChI is InChI=1S/C15H16FI2N/c1-9-11(18-2)8-10-13(14(10)15(9)16)12(19-3)6-4-5-7-17/h6,8,10H,2-5,7H2,1H3/b12-6-/t10-/m0/s1. The number of halogens is 3. The van der Waals surface area contributed by atoms with Gasteiger partial charge in [0.2, 0.25) is 0 Å². The average molecular weight is 483 g/mol. The van der Waals surface area contributed by atoms with Crippen LogP contribution in [-0.4, -0.2) is 15.7 Å². The van der Waals surface area contributed by atoms with Crippen LogP contribution in [0.3, 0.4) is 0 Å². The van der Waals surface area contributed by atoms with Crippen LogP contribution in [-0.2, 0) is 0 Å². The molecule has 0 radical (unpaired) electrons. The fraction of sp³-hybridized carbons (Fsp3) is 0.333. The van der Waals surface area contributed by atoms with Crippen molar-refractivity contribution < 1.29 is 4.39 Å². The summed E-state index contributed by atoms with van der Waals surface area (Å²) >= 11 is 2.04. The Bertz CT molecular complexity index is 552. The summed E-state index contributed by atoms with van der Waals surface area (Å²) in [6.45, 7) is 5.48. The van der Waals surface area contributed by atoms with E-state index >= 15 is 0 Å². The molecule has 2 aliphatic rings. The first kappa shape index (κ1) is 15.3. The van der Waals surface area contributed by atoms with Gasteiger partial charge >= 0.3 is 0 Å². The van der Waals surface area contributed by atoms with Crippen LogP contribution >= 0.6 is 43.3 Å². The predicted molar refractivity (Wildman–Crippen MR) is 99.3 cm³/mol. The lowest BCUT2D eigenvalue weighted by Gasteiger charge is -2.08. The third-order valence-electron chi connectivity index (χ3n) is 3.33. The van der Waals surface area contributed by atoms with Gasteiger partial charge in [-0.25, -0.2) is 4.39 Å². The number of unbranched alkanes of at least 4 members (excludes halogenated alkanes) is 1. The molecule has 0 aromatic rings. The number of hydrogen-bond donors (Lipinski definition) is 0. The molecule has 102 valence electrons. The number of fused-ring (bicyclic) bond motifs is 1. The Morgan fingerprint density at radius 2 is 2.37 bits per heavy atom. The zero-order valence-corrected chi connectivity index (χ0v) is 15.2. The van der Waals surface area contributed by atoms with Gasteiger partial charge in [0, 0.05) is 15.1 Å². The van der Waals surface area contributed by atoms with Crippen LogP contribution in [0.25, 0.3) is 0 Å². The molecule has 0 unspecified atom stereocenters. The molecule has 19 heavy (non-hydrogen) atoms. The normalized spacial score (nSPS) is 22.4. The van der Waals surface area contributed by atoms with E-state index in [0.29, 0.717) is 0 Å². The SMILES string of the molecule is C=N/C(=C\CCCI)C1=C2C(F)=C(C)C(I=C)=C[C@H]21. The van der Waals surface area contributed by atoms with Gasteiger partial charge in [-0.2, -0.15) is 0 Å². The molecule has 0 saturated heterocycles. The molecule has 2 rings (SSSR count). The highest BCUT2D eigenvalue weighted by molar-refractivity contribution is 14.2. The second-order valence-electron chi connectivity index (χ2n) is 4.47. The predicted octanol–water partition coefficient (Wildman–Crippen LogP) is 5.26. The van der Waals surface area contributed by atoms with Crippen molar-refractivity contribution in [2.24, 2.45) is 10.9 Å². The summed E-state index contributed by atoms with van der Waals surface area (Å²) in [6.07, 6.45) is 6.35. The maximum Gasteiger partial charge on any atom is 0.131 e. The van der Waals surface area contributed by atoms with Crippen molar-refractivity contribution in [2.75, 3.05) is 4.43 Å². The van der Waals surface area contributed by atoms with Crippen LogP contribution in [0.1, 0.15) is 19.8 Å². The minimum Gasteiger partial charge on any atom is -0.265 e. The lowest BCUT2D eigenvalue weighted by atomic mass is 10.1. The molecule has 4 heteroatoms. The third kappa shape index (κ3) is 2.99. The van der Waals surface area contributed by atoms with Gasteiger partial charge in [-0.15, -0.1) is 0 Å².